The zero-order valence-electron chi connectivity index (χ0n) is 7.69. The minimum absolute atomic E-state index is 0.324. The molecule has 1 unspecified atom stereocenters. The van der Waals surface area contributed by atoms with Gasteiger partial charge in [-0.2, -0.15) is 0 Å². The number of benzene rings is 1. The molecule has 0 bridgehead atoms. The van der Waals surface area contributed by atoms with E-state index in [-0.39, 0.29) is 0 Å². The molecule has 69 valence electrons. The molecule has 0 spiro atoms. The van der Waals surface area contributed by atoms with Gasteiger partial charge in [-0.25, -0.2) is 0 Å². The lowest BCUT2D eigenvalue weighted by atomic mass is 10.1. The number of epoxide rings is 1. The monoisotopic (exact) mass is 177 g/mol. The van der Waals surface area contributed by atoms with Crippen LogP contribution in [0.25, 0.3) is 0 Å². The first kappa shape index (κ1) is 8.57. The minimum Gasteiger partial charge on any atom is -0.490 e. The summed E-state index contributed by atoms with van der Waals surface area (Å²) in [6.45, 7) is 3.53. The largest absolute Gasteiger partial charge is 0.490 e. The van der Waals surface area contributed by atoms with E-state index in [1.54, 1.807) is 0 Å². The number of hydrogen-bond acceptors (Lipinski definition) is 2. The van der Waals surface area contributed by atoms with Gasteiger partial charge in [0.2, 0.25) is 0 Å². The Balaban J connectivity index is 1.99. The molecule has 1 fully saturated rings. The first-order valence-corrected chi connectivity index (χ1v) is 4.53. The van der Waals surface area contributed by atoms with Gasteiger partial charge in [-0.05, 0) is 18.1 Å². The molecule has 1 aromatic carbocycles. The molecule has 1 aliphatic heterocycles. The van der Waals surface area contributed by atoms with Crippen molar-refractivity contribution >= 4 is 0 Å². The smallest absolute Gasteiger partial charge is 0.122 e. The highest BCUT2D eigenvalue weighted by atomic mass is 16.6. The van der Waals surface area contributed by atoms with Crippen molar-refractivity contribution < 1.29 is 9.47 Å². The van der Waals surface area contributed by atoms with Crippen molar-refractivity contribution in [1.82, 2.24) is 0 Å². The fourth-order valence-corrected chi connectivity index (χ4v) is 1.20. The van der Waals surface area contributed by atoms with Crippen LogP contribution in [0.1, 0.15) is 12.5 Å². The number of rotatable bonds is 4. The Bertz CT molecular complexity index is 279. The Morgan fingerprint density at radius 2 is 2.31 bits per heavy atom. The van der Waals surface area contributed by atoms with E-state index in [1.807, 2.05) is 37.6 Å². The maximum atomic E-state index is 5.60. The van der Waals surface area contributed by atoms with Gasteiger partial charge in [0, 0.05) is 0 Å². The van der Waals surface area contributed by atoms with E-state index >= 15 is 0 Å². The third-order valence-corrected chi connectivity index (χ3v) is 2.06. The van der Waals surface area contributed by atoms with Gasteiger partial charge >= 0.3 is 0 Å². The first-order valence-electron chi connectivity index (χ1n) is 4.53. The van der Waals surface area contributed by atoms with Gasteiger partial charge in [0.15, 0.2) is 0 Å². The van der Waals surface area contributed by atoms with E-state index in [1.165, 1.54) is 0 Å². The number of ether oxygens (including phenoxy) is 2. The van der Waals surface area contributed by atoms with Crippen molar-refractivity contribution in [3.8, 4) is 5.75 Å². The Labute approximate surface area is 78.5 Å². The summed E-state index contributed by atoms with van der Waals surface area (Å²) in [6.07, 6.45) is 2.37. The van der Waals surface area contributed by atoms with E-state index < -0.39 is 0 Å². The van der Waals surface area contributed by atoms with Gasteiger partial charge in [0.05, 0.1) is 6.61 Å². The summed E-state index contributed by atoms with van der Waals surface area (Å²) in [5.74, 6) is 0.945. The van der Waals surface area contributed by atoms with Crippen LogP contribution in [0.4, 0.5) is 0 Å². The Morgan fingerprint density at radius 1 is 1.54 bits per heavy atom. The molecule has 0 aliphatic carbocycles. The second-order valence-electron chi connectivity index (χ2n) is 3.09. The topological polar surface area (TPSA) is 21.8 Å². The molecule has 1 heterocycles. The normalized spacial score (nSPS) is 19.9. The van der Waals surface area contributed by atoms with Gasteiger partial charge < -0.3 is 9.47 Å². The SMILES string of the molecule is C[CH]c1ccccc1OCC1CO1. The van der Waals surface area contributed by atoms with E-state index in [9.17, 15) is 0 Å². The van der Waals surface area contributed by atoms with Gasteiger partial charge in [-0.1, -0.05) is 25.1 Å². The molecule has 13 heavy (non-hydrogen) atoms. The highest BCUT2D eigenvalue weighted by Crippen LogP contribution is 2.21. The van der Waals surface area contributed by atoms with E-state index in [0.717, 1.165) is 17.9 Å². The quantitative estimate of drug-likeness (QED) is 0.656. The molecule has 0 N–H and O–H groups in total. The Hall–Kier alpha value is -1.02. The highest BCUT2D eigenvalue weighted by molar-refractivity contribution is 5.37. The third kappa shape index (κ3) is 2.22. The zero-order chi connectivity index (χ0) is 9.10. The molecule has 0 amide bonds. The number of hydrogen-bond donors (Lipinski definition) is 0. The minimum atomic E-state index is 0.324. The molecule has 0 aromatic heterocycles. The molecule has 1 radical (unpaired) electrons. The molecule has 2 nitrogen and oxygen atoms in total. The summed E-state index contributed by atoms with van der Waals surface area (Å²) >= 11 is 0. The summed E-state index contributed by atoms with van der Waals surface area (Å²) in [5, 5.41) is 0. The summed E-state index contributed by atoms with van der Waals surface area (Å²) in [4.78, 5) is 0. The van der Waals surface area contributed by atoms with Crippen LogP contribution in [-0.4, -0.2) is 19.3 Å². The van der Waals surface area contributed by atoms with Crippen molar-refractivity contribution in [1.29, 1.82) is 0 Å². The van der Waals surface area contributed by atoms with Gasteiger partial charge in [0.25, 0.3) is 0 Å². The summed E-state index contributed by atoms with van der Waals surface area (Å²) in [7, 11) is 0. The molecule has 2 rings (SSSR count). The van der Waals surface area contributed by atoms with Crippen molar-refractivity contribution in [2.45, 2.75) is 13.0 Å². The average Bonchev–Trinajstić information content (AvgIpc) is 2.99. The molecular weight excluding hydrogens is 164 g/mol. The first-order chi connectivity index (χ1) is 6.40. The maximum Gasteiger partial charge on any atom is 0.122 e. The van der Waals surface area contributed by atoms with Crippen LogP contribution < -0.4 is 4.74 Å². The van der Waals surface area contributed by atoms with Gasteiger partial charge in [-0.15, -0.1) is 0 Å². The molecule has 1 aromatic rings. The second kappa shape index (κ2) is 3.79. The van der Waals surface area contributed by atoms with Crippen molar-refractivity contribution in [2.75, 3.05) is 13.2 Å². The highest BCUT2D eigenvalue weighted by Gasteiger charge is 2.23. The zero-order valence-corrected chi connectivity index (χ0v) is 7.69. The lowest BCUT2D eigenvalue weighted by Crippen LogP contribution is -2.05. The maximum absolute atomic E-state index is 5.60. The summed E-state index contributed by atoms with van der Waals surface area (Å²) in [6, 6.07) is 8.02. The van der Waals surface area contributed by atoms with E-state index in [0.29, 0.717) is 12.7 Å². The third-order valence-electron chi connectivity index (χ3n) is 2.06. The average molecular weight is 177 g/mol. The van der Waals surface area contributed by atoms with E-state index in [4.69, 9.17) is 9.47 Å². The van der Waals surface area contributed by atoms with Crippen LogP contribution >= 0.6 is 0 Å². The molecule has 1 atom stereocenters. The summed E-state index contributed by atoms with van der Waals surface area (Å²) < 4.78 is 10.7. The summed E-state index contributed by atoms with van der Waals surface area (Å²) in [5.41, 5.74) is 1.14. The molecule has 2 heteroatoms. The van der Waals surface area contributed by atoms with Crippen LogP contribution in [0, 0.1) is 6.42 Å². The molecule has 0 saturated carbocycles. The van der Waals surface area contributed by atoms with Crippen LogP contribution in [0.5, 0.6) is 5.75 Å². The fourth-order valence-electron chi connectivity index (χ4n) is 1.20. The fraction of sp³-hybridized carbons (Fsp3) is 0.364. The van der Waals surface area contributed by atoms with Crippen LogP contribution in [0.3, 0.4) is 0 Å². The molecular formula is C11H13O2. The number of para-hydroxylation sites is 1. The Morgan fingerprint density at radius 3 is 3.00 bits per heavy atom. The Kier molecular flexibility index (Phi) is 2.50. The predicted molar refractivity (Wildman–Crippen MR) is 50.8 cm³/mol. The van der Waals surface area contributed by atoms with E-state index in [2.05, 4.69) is 0 Å². The second-order valence-corrected chi connectivity index (χ2v) is 3.09. The molecule has 1 saturated heterocycles. The van der Waals surface area contributed by atoms with Crippen molar-refractivity contribution in [2.24, 2.45) is 0 Å². The van der Waals surface area contributed by atoms with Crippen LogP contribution in [-0.2, 0) is 4.74 Å². The van der Waals surface area contributed by atoms with Crippen molar-refractivity contribution in [3.63, 3.8) is 0 Å². The lowest BCUT2D eigenvalue weighted by molar-refractivity contribution is 0.262. The standard InChI is InChI=1S/C11H13O2/c1-2-9-5-3-4-6-11(9)13-8-10-7-12-10/h2-6,10H,7-8H2,1H3. The lowest BCUT2D eigenvalue weighted by Gasteiger charge is -2.07. The van der Waals surface area contributed by atoms with Crippen molar-refractivity contribution in [3.05, 3.63) is 36.2 Å². The predicted octanol–water partition coefficient (Wildman–Crippen LogP) is 2.04. The van der Waals surface area contributed by atoms with Crippen LogP contribution in [0.2, 0.25) is 0 Å². The van der Waals surface area contributed by atoms with Gasteiger partial charge in [0.1, 0.15) is 18.5 Å². The molecule has 1 aliphatic rings. The van der Waals surface area contributed by atoms with Crippen LogP contribution in [0.15, 0.2) is 24.3 Å². The van der Waals surface area contributed by atoms with Gasteiger partial charge in [-0.3, -0.25) is 0 Å².